The topological polar surface area (TPSA) is 73.6 Å². The number of nitro benzene ring substituents is 1. The van der Waals surface area contributed by atoms with Gasteiger partial charge >= 0.3 is 5.69 Å². The van der Waals surface area contributed by atoms with Crippen molar-refractivity contribution in [3.63, 3.8) is 0 Å². The van der Waals surface area contributed by atoms with Crippen molar-refractivity contribution in [1.29, 1.82) is 0 Å². The van der Waals surface area contributed by atoms with E-state index in [9.17, 15) is 10.1 Å². The Morgan fingerprint density at radius 3 is 2.79 bits per heavy atom. The molecule has 19 heavy (non-hydrogen) atoms. The summed E-state index contributed by atoms with van der Waals surface area (Å²) < 4.78 is 10.5. The summed E-state index contributed by atoms with van der Waals surface area (Å²) in [5.74, 6) is 0.293. The van der Waals surface area contributed by atoms with E-state index in [0.29, 0.717) is 24.6 Å². The number of nitro groups is 1. The van der Waals surface area contributed by atoms with Crippen molar-refractivity contribution in [2.45, 2.75) is 26.4 Å². The number of nitrogens with zero attached hydrogens (tertiary/aromatic N) is 1. The van der Waals surface area contributed by atoms with Crippen LogP contribution in [0, 0.1) is 10.1 Å². The van der Waals surface area contributed by atoms with Gasteiger partial charge in [0.2, 0.25) is 0 Å². The molecule has 0 bridgehead atoms. The van der Waals surface area contributed by atoms with Gasteiger partial charge in [0.15, 0.2) is 5.75 Å². The molecule has 106 valence electrons. The second-order valence-corrected chi connectivity index (χ2v) is 4.19. The first-order valence-electron chi connectivity index (χ1n) is 6.27. The van der Waals surface area contributed by atoms with Crippen molar-refractivity contribution in [2.75, 3.05) is 25.6 Å². The minimum atomic E-state index is -0.426. The van der Waals surface area contributed by atoms with E-state index in [1.807, 2.05) is 13.8 Å². The summed E-state index contributed by atoms with van der Waals surface area (Å²) in [5.41, 5.74) is 0.418. The molecular weight excluding hydrogens is 248 g/mol. The van der Waals surface area contributed by atoms with Gasteiger partial charge in [-0.1, -0.05) is 13.0 Å². The molecule has 6 heteroatoms. The largest absolute Gasteiger partial charge is 0.487 e. The van der Waals surface area contributed by atoms with Gasteiger partial charge in [0, 0.05) is 13.7 Å². The SMILES string of the molecule is CCCOc1cccc(NCC(C)OC)c1[N+](=O)[O-]. The fourth-order valence-electron chi connectivity index (χ4n) is 1.52. The highest BCUT2D eigenvalue weighted by molar-refractivity contribution is 5.68. The normalized spacial score (nSPS) is 11.9. The Bertz CT molecular complexity index is 423. The maximum Gasteiger partial charge on any atom is 0.333 e. The average Bonchev–Trinajstić information content (AvgIpc) is 2.41. The summed E-state index contributed by atoms with van der Waals surface area (Å²) in [6.45, 7) is 4.79. The first-order chi connectivity index (χ1) is 9.10. The predicted octanol–water partition coefficient (Wildman–Crippen LogP) is 2.83. The number of hydrogen-bond acceptors (Lipinski definition) is 5. The molecular formula is C13H20N2O4. The Morgan fingerprint density at radius 1 is 1.47 bits per heavy atom. The third-order valence-electron chi connectivity index (χ3n) is 2.63. The van der Waals surface area contributed by atoms with Gasteiger partial charge in [-0.05, 0) is 25.5 Å². The smallest absolute Gasteiger partial charge is 0.333 e. The number of benzene rings is 1. The Morgan fingerprint density at radius 2 is 2.21 bits per heavy atom. The van der Waals surface area contributed by atoms with Gasteiger partial charge in [0.05, 0.1) is 17.6 Å². The van der Waals surface area contributed by atoms with Gasteiger partial charge in [-0.25, -0.2) is 0 Å². The van der Waals surface area contributed by atoms with Crippen LogP contribution in [-0.4, -0.2) is 31.3 Å². The lowest BCUT2D eigenvalue weighted by molar-refractivity contribution is -0.385. The summed E-state index contributed by atoms with van der Waals surface area (Å²) in [4.78, 5) is 10.7. The highest BCUT2D eigenvalue weighted by atomic mass is 16.6. The van der Waals surface area contributed by atoms with Crippen molar-refractivity contribution in [1.82, 2.24) is 0 Å². The number of anilines is 1. The van der Waals surface area contributed by atoms with Crippen LogP contribution < -0.4 is 10.1 Å². The van der Waals surface area contributed by atoms with Crippen LogP contribution in [0.15, 0.2) is 18.2 Å². The van der Waals surface area contributed by atoms with Gasteiger partial charge in [0.1, 0.15) is 5.69 Å². The molecule has 0 aliphatic rings. The summed E-state index contributed by atoms with van der Waals surface area (Å²) in [5, 5.41) is 14.2. The molecule has 0 spiro atoms. The molecule has 0 fully saturated rings. The molecule has 1 N–H and O–H groups in total. The lowest BCUT2D eigenvalue weighted by atomic mass is 10.2. The minimum absolute atomic E-state index is 0.0279. The second kappa shape index (κ2) is 7.58. The standard InChI is InChI=1S/C13H20N2O4/c1-4-8-19-12-7-5-6-11(13(12)15(16)17)14-9-10(2)18-3/h5-7,10,14H,4,8-9H2,1-3H3. The van der Waals surface area contributed by atoms with E-state index in [2.05, 4.69) is 5.32 Å². The molecule has 0 aliphatic heterocycles. The third-order valence-corrected chi connectivity index (χ3v) is 2.63. The quantitative estimate of drug-likeness (QED) is 0.579. The van der Waals surface area contributed by atoms with Crippen LogP contribution in [0.25, 0.3) is 0 Å². The number of ether oxygens (including phenoxy) is 2. The zero-order chi connectivity index (χ0) is 14.3. The number of rotatable bonds is 8. The lowest BCUT2D eigenvalue weighted by Gasteiger charge is -2.13. The number of para-hydroxylation sites is 1. The van der Waals surface area contributed by atoms with Crippen LogP contribution in [0.3, 0.4) is 0 Å². The molecule has 0 saturated heterocycles. The van der Waals surface area contributed by atoms with Crippen LogP contribution in [-0.2, 0) is 4.74 Å². The highest BCUT2D eigenvalue weighted by Crippen LogP contribution is 2.34. The molecule has 0 aliphatic carbocycles. The molecule has 0 amide bonds. The Labute approximate surface area is 112 Å². The van der Waals surface area contributed by atoms with E-state index in [-0.39, 0.29) is 11.8 Å². The van der Waals surface area contributed by atoms with E-state index >= 15 is 0 Å². The first kappa shape index (κ1) is 15.2. The van der Waals surface area contributed by atoms with E-state index in [1.54, 1.807) is 25.3 Å². The fraction of sp³-hybridized carbons (Fsp3) is 0.538. The van der Waals surface area contributed by atoms with Crippen LogP contribution in [0.5, 0.6) is 5.75 Å². The van der Waals surface area contributed by atoms with Gasteiger partial charge in [0.25, 0.3) is 0 Å². The maximum atomic E-state index is 11.2. The van der Waals surface area contributed by atoms with Crippen molar-refractivity contribution >= 4 is 11.4 Å². The molecule has 1 aromatic rings. The zero-order valence-electron chi connectivity index (χ0n) is 11.5. The molecule has 0 radical (unpaired) electrons. The number of methoxy groups -OCH3 is 1. The van der Waals surface area contributed by atoms with E-state index < -0.39 is 4.92 Å². The van der Waals surface area contributed by atoms with Crippen LogP contribution in [0.1, 0.15) is 20.3 Å². The molecule has 1 rings (SSSR count). The molecule has 0 saturated carbocycles. The molecule has 6 nitrogen and oxygen atoms in total. The molecule has 0 aromatic heterocycles. The van der Waals surface area contributed by atoms with Crippen LogP contribution in [0.2, 0.25) is 0 Å². The Kier molecular flexibility index (Phi) is 6.08. The highest BCUT2D eigenvalue weighted by Gasteiger charge is 2.21. The number of hydrogen-bond donors (Lipinski definition) is 1. The maximum absolute atomic E-state index is 11.2. The van der Waals surface area contributed by atoms with Crippen molar-refractivity contribution in [3.8, 4) is 5.75 Å². The summed E-state index contributed by atoms with van der Waals surface area (Å²) in [6.07, 6.45) is 0.773. The summed E-state index contributed by atoms with van der Waals surface area (Å²) >= 11 is 0. The Balaban J connectivity index is 2.92. The van der Waals surface area contributed by atoms with Crippen molar-refractivity contribution < 1.29 is 14.4 Å². The first-order valence-corrected chi connectivity index (χ1v) is 6.27. The molecule has 1 unspecified atom stereocenters. The van der Waals surface area contributed by atoms with Crippen molar-refractivity contribution in [2.24, 2.45) is 0 Å². The lowest BCUT2D eigenvalue weighted by Crippen LogP contribution is -2.18. The second-order valence-electron chi connectivity index (χ2n) is 4.19. The molecule has 0 heterocycles. The number of nitrogens with one attached hydrogen (secondary N) is 1. The van der Waals surface area contributed by atoms with Gasteiger partial charge < -0.3 is 14.8 Å². The van der Waals surface area contributed by atoms with Gasteiger partial charge in [-0.2, -0.15) is 0 Å². The molecule has 1 aromatic carbocycles. The van der Waals surface area contributed by atoms with E-state index in [4.69, 9.17) is 9.47 Å². The molecule has 1 atom stereocenters. The predicted molar refractivity (Wildman–Crippen MR) is 73.8 cm³/mol. The minimum Gasteiger partial charge on any atom is -0.487 e. The van der Waals surface area contributed by atoms with E-state index in [0.717, 1.165) is 6.42 Å². The monoisotopic (exact) mass is 268 g/mol. The fourth-order valence-corrected chi connectivity index (χ4v) is 1.52. The van der Waals surface area contributed by atoms with Crippen LogP contribution in [0.4, 0.5) is 11.4 Å². The average molecular weight is 268 g/mol. The van der Waals surface area contributed by atoms with Gasteiger partial charge in [-0.3, -0.25) is 10.1 Å². The Hall–Kier alpha value is -1.82. The summed E-state index contributed by atoms with van der Waals surface area (Å²) in [7, 11) is 1.60. The van der Waals surface area contributed by atoms with Gasteiger partial charge in [-0.15, -0.1) is 0 Å². The van der Waals surface area contributed by atoms with Crippen molar-refractivity contribution in [3.05, 3.63) is 28.3 Å². The zero-order valence-corrected chi connectivity index (χ0v) is 11.5. The summed E-state index contributed by atoms with van der Waals surface area (Å²) in [6, 6.07) is 5.01. The van der Waals surface area contributed by atoms with E-state index in [1.165, 1.54) is 0 Å². The third kappa shape index (κ3) is 4.40. The van der Waals surface area contributed by atoms with Crippen LogP contribution >= 0.6 is 0 Å².